The van der Waals surface area contributed by atoms with Gasteiger partial charge in [0.05, 0.1) is 12.9 Å². The summed E-state index contributed by atoms with van der Waals surface area (Å²) in [6.07, 6.45) is -0.537. The van der Waals surface area contributed by atoms with E-state index in [0.29, 0.717) is 22.5 Å². The summed E-state index contributed by atoms with van der Waals surface area (Å²) in [4.78, 5) is 8.40. The van der Waals surface area contributed by atoms with Crippen molar-refractivity contribution in [3.05, 3.63) is 37.0 Å². The fraction of sp³-hybridized carbons (Fsp3) is 0.333. The van der Waals surface area contributed by atoms with Gasteiger partial charge in [-0.05, 0) is 18.2 Å². The van der Waals surface area contributed by atoms with Gasteiger partial charge in [0.15, 0.2) is 18.2 Å². The molecule has 23 heavy (non-hydrogen) atoms. The molecule has 4 heterocycles. The van der Waals surface area contributed by atoms with E-state index in [2.05, 4.69) is 9.97 Å². The Kier molecular flexibility index (Phi) is 3.37. The molecule has 1 aliphatic heterocycles. The second-order valence-electron chi connectivity index (χ2n) is 5.34. The largest absolute Gasteiger partial charge is 0.463 e. The highest BCUT2D eigenvalue weighted by Gasteiger charge is 2.45. The molecule has 0 saturated carbocycles. The van der Waals surface area contributed by atoms with Crippen LogP contribution in [0.15, 0.2) is 41.4 Å². The summed E-state index contributed by atoms with van der Waals surface area (Å²) in [5.41, 5.74) is 1.05. The molecule has 3 aromatic rings. The lowest BCUT2D eigenvalue weighted by molar-refractivity contribution is -0.0457. The van der Waals surface area contributed by atoms with Crippen molar-refractivity contribution < 1.29 is 23.8 Å². The van der Waals surface area contributed by atoms with Crippen LogP contribution in [-0.4, -0.2) is 49.7 Å². The molecule has 4 atom stereocenters. The zero-order valence-electron chi connectivity index (χ0n) is 11.9. The van der Waals surface area contributed by atoms with E-state index in [9.17, 15) is 9.50 Å². The van der Waals surface area contributed by atoms with Crippen LogP contribution in [0.3, 0.4) is 0 Å². The Balaban J connectivity index is 1.80. The van der Waals surface area contributed by atoms with Gasteiger partial charge in [-0.1, -0.05) is 0 Å². The summed E-state index contributed by atoms with van der Waals surface area (Å²) >= 11 is 0. The molecule has 1 aliphatic rings. The van der Waals surface area contributed by atoms with Crippen LogP contribution >= 0.6 is 0 Å². The van der Waals surface area contributed by atoms with E-state index >= 15 is 0 Å². The highest BCUT2D eigenvalue weighted by molar-refractivity contribution is 5.89. The lowest BCUT2D eigenvalue weighted by atomic mass is 10.1. The van der Waals surface area contributed by atoms with Crippen molar-refractivity contribution in [2.75, 3.05) is 6.61 Å². The number of aliphatic hydroxyl groups is 2. The van der Waals surface area contributed by atoms with E-state index in [4.69, 9.17) is 14.3 Å². The summed E-state index contributed by atoms with van der Waals surface area (Å²) in [7, 11) is 0. The molecule has 2 N–H and O–H groups in total. The zero-order valence-corrected chi connectivity index (χ0v) is 11.9. The van der Waals surface area contributed by atoms with E-state index in [-0.39, 0.29) is 0 Å². The van der Waals surface area contributed by atoms with Gasteiger partial charge in [0, 0.05) is 11.6 Å². The predicted molar refractivity (Wildman–Crippen MR) is 77.1 cm³/mol. The minimum Gasteiger partial charge on any atom is -0.463 e. The molecule has 1 fully saturated rings. The number of halogens is 1. The number of nitrogens with zero attached hydrogens (tertiary/aromatic N) is 3. The van der Waals surface area contributed by atoms with Gasteiger partial charge in [-0.3, -0.25) is 0 Å². The van der Waals surface area contributed by atoms with E-state index in [1.54, 1.807) is 30.7 Å². The lowest BCUT2D eigenvalue weighted by Gasteiger charge is -2.15. The van der Waals surface area contributed by atoms with Crippen LogP contribution in [0.25, 0.3) is 22.5 Å². The monoisotopic (exact) mass is 319 g/mol. The topological polar surface area (TPSA) is 93.5 Å². The first-order chi connectivity index (χ1) is 11.2. The van der Waals surface area contributed by atoms with Crippen molar-refractivity contribution in [2.45, 2.75) is 24.6 Å². The third-order valence-corrected chi connectivity index (χ3v) is 4.01. The molecule has 3 aromatic heterocycles. The second kappa shape index (κ2) is 5.41. The van der Waals surface area contributed by atoms with Gasteiger partial charge in [0.25, 0.3) is 0 Å². The van der Waals surface area contributed by atoms with Gasteiger partial charge in [-0.2, -0.15) is 0 Å². The van der Waals surface area contributed by atoms with Crippen molar-refractivity contribution >= 4 is 11.0 Å². The van der Waals surface area contributed by atoms with Crippen LogP contribution < -0.4 is 0 Å². The Labute approximate surface area is 130 Å². The maximum absolute atomic E-state index is 14.3. The molecular formula is C15H14FN3O4. The van der Waals surface area contributed by atoms with Gasteiger partial charge in [-0.25, -0.2) is 14.4 Å². The van der Waals surface area contributed by atoms with Crippen molar-refractivity contribution in [3.63, 3.8) is 0 Å². The zero-order chi connectivity index (χ0) is 16.0. The number of aliphatic hydroxyl groups excluding tert-OH is 2. The number of rotatable bonds is 3. The molecule has 0 spiro atoms. The number of hydrogen-bond donors (Lipinski definition) is 2. The number of alkyl halides is 1. The van der Waals surface area contributed by atoms with Crippen molar-refractivity contribution in [1.82, 2.24) is 14.5 Å². The van der Waals surface area contributed by atoms with Gasteiger partial charge in [0.1, 0.15) is 29.9 Å². The van der Waals surface area contributed by atoms with E-state index in [1.165, 1.54) is 10.9 Å². The van der Waals surface area contributed by atoms with Crippen LogP contribution in [0, 0.1) is 0 Å². The molecule has 8 heteroatoms. The normalized spacial score (nSPS) is 27.8. The maximum Gasteiger partial charge on any atom is 0.173 e. The lowest BCUT2D eigenvalue weighted by Crippen LogP contribution is -2.30. The molecule has 7 nitrogen and oxygen atoms in total. The third kappa shape index (κ3) is 2.14. The predicted octanol–water partition coefficient (Wildman–Crippen LogP) is 1.28. The van der Waals surface area contributed by atoms with E-state index < -0.39 is 31.2 Å². The minimum absolute atomic E-state index is 0.454. The van der Waals surface area contributed by atoms with Crippen molar-refractivity contribution in [2.24, 2.45) is 0 Å². The summed E-state index contributed by atoms with van der Waals surface area (Å²) in [5, 5.41) is 19.6. The number of aromatic nitrogens is 3. The fourth-order valence-electron chi connectivity index (χ4n) is 2.86. The molecular weight excluding hydrogens is 305 g/mol. The molecule has 1 saturated heterocycles. The Bertz CT molecular complexity index is 819. The fourth-order valence-corrected chi connectivity index (χ4v) is 2.86. The SMILES string of the molecule is OC[C@H]1O[C@@H](n2ccc3c(-c4ccco4)ncnc32)[C@@H](F)[C@@H]1O. The summed E-state index contributed by atoms with van der Waals surface area (Å²) in [6, 6.07) is 5.26. The molecule has 0 bridgehead atoms. The Morgan fingerprint density at radius 3 is 2.87 bits per heavy atom. The van der Waals surface area contributed by atoms with Crippen LogP contribution in [0.1, 0.15) is 6.23 Å². The molecule has 0 unspecified atom stereocenters. The minimum atomic E-state index is -1.66. The van der Waals surface area contributed by atoms with E-state index in [0.717, 1.165) is 0 Å². The van der Waals surface area contributed by atoms with Crippen LogP contribution in [0.4, 0.5) is 4.39 Å². The average molecular weight is 319 g/mol. The quantitative estimate of drug-likeness (QED) is 0.755. The second-order valence-corrected chi connectivity index (χ2v) is 5.34. The van der Waals surface area contributed by atoms with Gasteiger partial charge >= 0.3 is 0 Å². The summed E-state index contributed by atoms with van der Waals surface area (Å²) in [5.74, 6) is 0.576. The summed E-state index contributed by atoms with van der Waals surface area (Å²) < 4.78 is 26.6. The third-order valence-electron chi connectivity index (χ3n) is 4.01. The van der Waals surface area contributed by atoms with Gasteiger partial charge in [0.2, 0.25) is 0 Å². The molecule has 120 valence electrons. The maximum atomic E-state index is 14.3. The highest BCUT2D eigenvalue weighted by atomic mass is 19.1. The molecule has 0 radical (unpaired) electrons. The Morgan fingerprint density at radius 1 is 1.30 bits per heavy atom. The van der Waals surface area contributed by atoms with Crippen LogP contribution in [0.5, 0.6) is 0 Å². The standard InChI is InChI=1S/C15H14FN3O4/c16-11-13(21)10(6-20)23-15(11)19-4-3-8-12(9-2-1-5-22-9)17-7-18-14(8)19/h1-5,7,10-11,13,15,20-21H,6H2/t10-,11+,13-,15-/m1/s1. The van der Waals surface area contributed by atoms with Crippen molar-refractivity contribution in [3.8, 4) is 11.5 Å². The molecule has 0 aliphatic carbocycles. The first kappa shape index (κ1) is 14.3. The Morgan fingerprint density at radius 2 is 2.17 bits per heavy atom. The van der Waals surface area contributed by atoms with Crippen molar-refractivity contribution in [1.29, 1.82) is 0 Å². The van der Waals surface area contributed by atoms with Crippen LogP contribution in [0.2, 0.25) is 0 Å². The first-order valence-corrected chi connectivity index (χ1v) is 7.14. The molecule has 0 aromatic carbocycles. The number of hydrogen-bond acceptors (Lipinski definition) is 6. The molecule has 0 amide bonds. The van der Waals surface area contributed by atoms with Gasteiger partial charge in [-0.15, -0.1) is 0 Å². The number of fused-ring (bicyclic) bond motifs is 1. The van der Waals surface area contributed by atoms with E-state index in [1.807, 2.05) is 0 Å². The average Bonchev–Trinajstić information content (AvgIpc) is 3.28. The first-order valence-electron chi connectivity index (χ1n) is 7.14. The summed E-state index contributed by atoms with van der Waals surface area (Å²) in [6.45, 7) is -0.454. The number of furan rings is 1. The number of ether oxygens (including phenoxy) is 1. The van der Waals surface area contributed by atoms with Crippen LogP contribution in [-0.2, 0) is 4.74 Å². The smallest absolute Gasteiger partial charge is 0.173 e. The molecule has 4 rings (SSSR count). The Hall–Kier alpha value is -2.29. The van der Waals surface area contributed by atoms with Gasteiger partial charge < -0.3 is 23.9 Å². The highest BCUT2D eigenvalue weighted by Crippen LogP contribution is 2.35.